The molecule has 118 valence electrons. The summed E-state index contributed by atoms with van der Waals surface area (Å²) in [5.41, 5.74) is 3.38. The van der Waals surface area contributed by atoms with Gasteiger partial charge < -0.3 is 10.2 Å². The predicted octanol–water partition coefficient (Wildman–Crippen LogP) is 4.10. The van der Waals surface area contributed by atoms with Gasteiger partial charge in [-0.15, -0.1) is 0 Å². The van der Waals surface area contributed by atoms with Crippen LogP contribution in [0.3, 0.4) is 0 Å². The highest BCUT2D eigenvalue weighted by Gasteiger charge is 2.31. The van der Waals surface area contributed by atoms with Gasteiger partial charge in [-0.25, -0.2) is 0 Å². The highest BCUT2D eigenvalue weighted by molar-refractivity contribution is 5.57. The molecule has 2 rings (SSSR count). The van der Waals surface area contributed by atoms with E-state index in [0.717, 1.165) is 19.0 Å². The van der Waals surface area contributed by atoms with E-state index in [1.165, 1.54) is 43.6 Å². The SMILES string of the molecule is CCC(CC)(CNCC(C)C)CN1CCc2ccccc21. The minimum Gasteiger partial charge on any atom is -0.370 e. The third-order valence-electron chi connectivity index (χ3n) is 5.06. The van der Waals surface area contributed by atoms with Crippen LogP contribution in [0.5, 0.6) is 0 Å². The minimum absolute atomic E-state index is 0.395. The molecule has 0 aromatic heterocycles. The van der Waals surface area contributed by atoms with Crippen molar-refractivity contribution in [3.05, 3.63) is 29.8 Å². The first-order valence-corrected chi connectivity index (χ1v) is 8.64. The molecule has 2 heteroatoms. The quantitative estimate of drug-likeness (QED) is 0.774. The Balaban J connectivity index is 2.03. The highest BCUT2D eigenvalue weighted by Crippen LogP contribution is 2.34. The molecule has 1 aliphatic rings. The van der Waals surface area contributed by atoms with Crippen molar-refractivity contribution in [2.24, 2.45) is 11.3 Å². The summed E-state index contributed by atoms with van der Waals surface area (Å²) in [6, 6.07) is 8.92. The third kappa shape index (κ3) is 4.00. The van der Waals surface area contributed by atoms with Gasteiger partial charge in [0, 0.05) is 25.3 Å². The summed E-state index contributed by atoms with van der Waals surface area (Å²) in [7, 11) is 0. The Kier molecular flexibility index (Phi) is 5.69. The van der Waals surface area contributed by atoms with Gasteiger partial charge in [0.1, 0.15) is 0 Å². The minimum atomic E-state index is 0.395. The normalized spacial score (nSPS) is 14.8. The molecule has 0 radical (unpaired) electrons. The van der Waals surface area contributed by atoms with E-state index in [-0.39, 0.29) is 0 Å². The zero-order valence-electron chi connectivity index (χ0n) is 14.3. The summed E-state index contributed by atoms with van der Waals surface area (Å²) in [5, 5.41) is 3.70. The molecule has 0 saturated carbocycles. The van der Waals surface area contributed by atoms with Crippen molar-refractivity contribution < 1.29 is 0 Å². The molecule has 1 N–H and O–H groups in total. The summed E-state index contributed by atoms with van der Waals surface area (Å²) in [5.74, 6) is 0.726. The number of hydrogen-bond donors (Lipinski definition) is 1. The summed E-state index contributed by atoms with van der Waals surface area (Å²) in [6.45, 7) is 13.9. The Morgan fingerprint density at radius 1 is 1.19 bits per heavy atom. The summed E-state index contributed by atoms with van der Waals surface area (Å²) >= 11 is 0. The van der Waals surface area contributed by atoms with Gasteiger partial charge in [-0.05, 0) is 48.8 Å². The largest absolute Gasteiger partial charge is 0.370 e. The van der Waals surface area contributed by atoms with Gasteiger partial charge in [0.2, 0.25) is 0 Å². The lowest BCUT2D eigenvalue weighted by molar-refractivity contribution is 0.250. The van der Waals surface area contributed by atoms with Gasteiger partial charge in [-0.3, -0.25) is 0 Å². The fraction of sp³-hybridized carbons (Fsp3) is 0.684. The number of nitrogens with one attached hydrogen (secondary N) is 1. The molecule has 0 aliphatic carbocycles. The smallest absolute Gasteiger partial charge is 0.0399 e. The molecule has 0 fully saturated rings. The van der Waals surface area contributed by atoms with Crippen LogP contribution in [0.4, 0.5) is 5.69 Å². The lowest BCUT2D eigenvalue weighted by Crippen LogP contribution is -2.44. The fourth-order valence-corrected chi connectivity index (χ4v) is 3.38. The second-order valence-corrected chi connectivity index (χ2v) is 7.03. The first-order valence-electron chi connectivity index (χ1n) is 8.64. The molecule has 0 saturated heterocycles. The molecule has 1 heterocycles. The molecular weight excluding hydrogens is 256 g/mol. The molecule has 0 bridgehead atoms. The number of para-hydroxylation sites is 1. The van der Waals surface area contributed by atoms with Gasteiger partial charge in [0.05, 0.1) is 0 Å². The van der Waals surface area contributed by atoms with Crippen LogP contribution in [0, 0.1) is 11.3 Å². The predicted molar refractivity (Wildman–Crippen MR) is 93.1 cm³/mol. The molecule has 1 aromatic carbocycles. The van der Waals surface area contributed by atoms with E-state index in [1.54, 1.807) is 0 Å². The fourth-order valence-electron chi connectivity index (χ4n) is 3.38. The van der Waals surface area contributed by atoms with Crippen LogP contribution in [-0.2, 0) is 6.42 Å². The Labute approximate surface area is 130 Å². The lowest BCUT2D eigenvalue weighted by atomic mass is 9.81. The lowest BCUT2D eigenvalue weighted by Gasteiger charge is -2.37. The topological polar surface area (TPSA) is 15.3 Å². The molecule has 0 amide bonds. The van der Waals surface area contributed by atoms with Crippen molar-refractivity contribution in [2.45, 2.75) is 47.0 Å². The molecule has 0 unspecified atom stereocenters. The average Bonchev–Trinajstić information content (AvgIpc) is 2.89. The summed E-state index contributed by atoms with van der Waals surface area (Å²) in [6.07, 6.45) is 3.69. The molecule has 0 atom stereocenters. The van der Waals surface area contributed by atoms with Crippen molar-refractivity contribution in [3.8, 4) is 0 Å². The van der Waals surface area contributed by atoms with Crippen molar-refractivity contribution >= 4 is 5.69 Å². The van der Waals surface area contributed by atoms with Crippen molar-refractivity contribution in [1.82, 2.24) is 5.32 Å². The van der Waals surface area contributed by atoms with E-state index in [4.69, 9.17) is 0 Å². The first kappa shape index (κ1) is 16.4. The summed E-state index contributed by atoms with van der Waals surface area (Å²) < 4.78 is 0. The standard InChI is InChI=1S/C19H32N2/c1-5-19(6-2,14-20-13-16(3)4)15-21-12-11-17-9-7-8-10-18(17)21/h7-10,16,20H,5-6,11-15H2,1-4H3. The Morgan fingerprint density at radius 2 is 1.90 bits per heavy atom. The summed E-state index contributed by atoms with van der Waals surface area (Å²) in [4.78, 5) is 2.61. The van der Waals surface area contributed by atoms with E-state index < -0.39 is 0 Å². The number of hydrogen-bond acceptors (Lipinski definition) is 2. The van der Waals surface area contributed by atoms with Gasteiger partial charge in [-0.2, -0.15) is 0 Å². The van der Waals surface area contributed by atoms with E-state index in [9.17, 15) is 0 Å². The average molecular weight is 288 g/mol. The van der Waals surface area contributed by atoms with E-state index in [1.807, 2.05) is 0 Å². The zero-order valence-corrected chi connectivity index (χ0v) is 14.3. The number of anilines is 1. The van der Waals surface area contributed by atoms with E-state index in [2.05, 4.69) is 62.2 Å². The highest BCUT2D eigenvalue weighted by atomic mass is 15.2. The van der Waals surface area contributed by atoms with Crippen LogP contribution >= 0.6 is 0 Å². The Bertz CT molecular complexity index is 435. The van der Waals surface area contributed by atoms with Crippen LogP contribution in [0.15, 0.2) is 24.3 Å². The maximum atomic E-state index is 3.70. The van der Waals surface area contributed by atoms with E-state index >= 15 is 0 Å². The number of rotatable bonds is 8. The molecular formula is C19H32N2. The zero-order chi connectivity index (χ0) is 15.3. The Hall–Kier alpha value is -1.02. The van der Waals surface area contributed by atoms with Crippen LogP contribution < -0.4 is 10.2 Å². The molecule has 1 aliphatic heterocycles. The van der Waals surface area contributed by atoms with Crippen LogP contribution in [0.2, 0.25) is 0 Å². The van der Waals surface area contributed by atoms with E-state index in [0.29, 0.717) is 5.41 Å². The first-order chi connectivity index (χ1) is 10.1. The third-order valence-corrected chi connectivity index (χ3v) is 5.06. The van der Waals surface area contributed by atoms with Crippen molar-refractivity contribution in [3.63, 3.8) is 0 Å². The molecule has 2 nitrogen and oxygen atoms in total. The molecule has 21 heavy (non-hydrogen) atoms. The van der Waals surface area contributed by atoms with Gasteiger partial charge >= 0.3 is 0 Å². The second kappa shape index (κ2) is 7.31. The van der Waals surface area contributed by atoms with Crippen LogP contribution in [0.1, 0.15) is 46.1 Å². The van der Waals surface area contributed by atoms with Crippen LogP contribution in [0.25, 0.3) is 0 Å². The number of benzene rings is 1. The maximum absolute atomic E-state index is 3.70. The van der Waals surface area contributed by atoms with Crippen molar-refractivity contribution in [2.75, 3.05) is 31.1 Å². The Morgan fingerprint density at radius 3 is 2.57 bits per heavy atom. The monoisotopic (exact) mass is 288 g/mol. The number of fused-ring (bicyclic) bond motifs is 1. The van der Waals surface area contributed by atoms with Gasteiger partial charge in [-0.1, -0.05) is 45.9 Å². The molecule has 0 spiro atoms. The second-order valence-electron chi connectivity index (χ2n) is 7.03. The van der Waals surface area contributed by atoms with Crippen LogP contribution in [-0.4, -0.2) is 26.2 Å². The maximum Gasteiger partial charge on any atom is 0.0399 e. The number of nitrogens with zero attached hydrogens (tertiary/aromatic N) is 1. The molecule has 1 aromatic rings. The van der Waals surface area contributed by atoms with Gasteiger partial charge in [0.15, 0.2) is 0 Å². The van der Waals surface area contributed by atoms with Gasteiger partial charge in [0.25, 0.3) is 0 Å². The van der Waals surface area contributed by atoms with Crippen molar-refractivity contribution in [1.29, 1.82) is 0 Å².